The number of ether oxygens (including phenoxy) is 1. The highest BCUT2D eigenvalue weighted by Gasteiger charge is 2.44. The van der Waals surface area contributed by atoms with E-state index in [9.17, 15) is 15.3 Å². The van der Waals surface area contributed by atoms with Gasteiger partial charge in [-0.1, -0.05) is 42.5 Å². The number of rotatable bonds is 6. The first-order valence-electron chi connectivity index (χ1n) is 12.3. The molecule has 1 aliphatic heterocycles. The molecule has 1 saturated carbocycles. The van der Waals surface area contributed by atoms with Crippen molar-refractivity contribution < 1.29 is 20.1 Å². The molecule has 0 bridgehead atoms. The van der Waals surface area contributed by atoms with Crippen molar-refractivity contribution in [2.45, 2.75) is 76.1 Å². The van der Waals surface area contributed by atoms with E-state index in [0.29, 0.717) is 32.0 Å². The van der Waals surface area contributed by atoms with Gasteiger partial charge in [0.15, 0.2) is 0 Å². The Labute approximate surface area is 198 Å². The van der Waals surface area contributed by atoms with Crippen molar-refractivity contribution in [1.29, 1.82) is 0 Å². The SMILES string of the molecule is Cc1ccc(C)c(OC[C@@]2(O)CN(CC3(O)CCC(c4ccccc4)CC3)CC[C@@H]2O)c1C. The molecule has 1 saturated heterocycles. The van der Waals surface area contributed by atoms with Gasteiger partial charge in [-0.3, -0.25) is 4.90 Å². The lowest BCUT2D eigenvalue weighted by atomic mass is 9.75. The topological polar surface area (TPSA) is 73.2 Å². The Hall–Kier alpha value is -1.92. The molecule has 33 heavy (non-hydrogen) atoms. The number of likely N-dealkylation sites (tertiary alicyclic amines) is 1. The maximum Gasteiger partial charge on any atom is 0.137 e. The van der Waals surface area contributed by atoms with Crippen LogP contribution in [-0.2, 0) is 0 Å². The molecule has 5 nitrogen and oxygen atoms in total. The van der Waals surface area contributed by atoms with E-state index in [0.717, 1.165) is 48.1 Å². The molecule has 2 aromatic carbocycles. The maximum absolute atomic E-state index is 11.3. The van der Waals surface area contributed by atoms with E-state index < -0.39 is 17.3 Å². The minimum atomic E-state index is -1.36. The second-order valence-electron chi connectivity index (χ2n) is 10.5. The van der Waals surface area contributed by atoms with E-state index in [4.69, 9.17) is 4.74 Å². The Bertz CT molecular complexity index is 938. The van der Waals surface area contributed by atoms with Crippen LogP contribution in [0.4, 0.5) is 0 Å². The molecule has 0 radical (unpaired) electrons. The Kier molecular flexibility index (Phi) is 7.15. The summed E-state index contributed by atoms with van der Waals surface area (Å²) in [6.07, 6.45) is 3.06. The van der Waals surface area contributed by atoms with E-state index in [1.165, 1.54) is 5.56 Å². The van der Waals surface area contributed by atoms with Crippen LogP contribution < -0.4 is 4.74 Å². The number of aliphatic hydroxyl groups is 3. The minimum Gasteiger partial charge on any atom is -0.490 e. The van der Waals surface area contributed by atoms with Crippen LogP contribution in [0, 0.1) is 20.8 Å². The van der Waals surface area contributed by atoms with Gasteiger partial charge in [-0.25, -0.2) is 0 Å². The van der Waals surface area contributed by atoms with Gasteiger partial charge < -0.3 is 20.1 Å². The second-order valence-corrected chi connectivity index (χ2v) is 10.5. The van der Waals surface area contributed by atoms with Crippen molar-refractivity contribution in [3.63, 3.8) is 0 Å². The first kappa shape index (κ1) is 24.2. The molecule has 0 spiro atoms. The molecule has 4 rings (SSSR count). The van der Waals surface area contributed by atoms with Crippen molar-refractivity contribution in [2.24, 2.45) is 0 Å². The summed E-state index contributed by atoms with van der Waals surface area (Å²) in [5, 5.41) is 33.3. The van der Waals surface area contributed by atoms with Gasteiger partial charge in [-0.15, -0.1) is 0 Å². The molecule has 1 heterocycles. The summed E-state index contributed by atoms with van der Waals surface area (Å²) in [4.78, 5) is 2.11. The van der Waals surface area contributed by atoms with E-state index >= 15 is 0 Å². The lowest BCUT2D eigenvalue weighted by Gasteiger charge is -2.46. The van der Waals surface area contributed by atoms with Crippen LogP contribution in [0.5, 0.6) is 5.75 Å². The number of β-amino-alcohol motifs (C(OH)–C–C–N with tert-alkyl or cyclic N) is 2. The number of piperidine rings is 1. The number of benzene rings is 2. The summed E-state index contributed by atoms with van der Waals surface area (Å²) in [6, 6.07) is 14.6. The molecular weight excluding hydrogens is 414 g/mol. The first-order valence-corrected chi connectivity index (χ1v) is 12.3. The zero-order valence-corrected chi connectivity index (χ0v) is 20.3. The standard InChI is InChI=1S/C28H39NO4/c1-20-9-10-21(2)26(22(20)3)33-19-28(32)18-29(16-13-25(28)30)17-27(31)14-11-24(12-15-27)23-7-5-4-6-8-23/h4-10,24-25,30-32H,11-19H2,1-3H3/t24?,25-,27?,28-/m0/s1. The molecule has 0 aromatic heterocycles. The monoisotopic (exact) mass is 453 g/mol. The Morgan fingerprint density at radius 3 is 2.30 bits per heavy atom. The van der Waals surface area contributed by atoms with Crippen LogP contribution in [0.15, 0.2) is 42.5 Å². The smallest absolute Gasteiger partial charge is 0.137 e. The van der Waals surface area contributed by atoms with Gasteiger partial charge in [0.25, 0.3) is 0 Å². The largest absolute Gasteiger partial charge is 0.490 e. The highest BCUT2D eigenvalue weighted by molar-refractivity contribution is 5.44. The number of aryl methyl sites for hydroxylation is 2. The molecule has 5 heteroatoms. The third-order valence-corrected chi connectivity index (χ3v) is 7.88. The van der Waals surface area contributed by atoms with E-state index in [1.807, 2.05) is 32.9 Å². The summed E-state index contributed by atoms with van der Waals surface area (Å²) in [5.41, 5.74) is 2.46. The Morgan fingerprint density at radius 1 is 0.939 bits per heavy atom. The number of hydrogen-bond acceptors (Lipinski definition) is 5. The molecule has 180 valence electrons. The van der Waals surface area contributed by atoms with Crippen LogP contribution in [-0.4, -0.2) is 63.8 Å². The van der Waals surface area contributed by atoms with Crippen LogP contribution in [0.3, 0.4) is 0 Å². The fourth-order valence-electron chi connectivity index (χ4n) is 5.55. The lowest BCUT2D eigenvalue weighted by molar-refractivity contribution is -0.150. The van der Waals surface area contributed by atoms with Gasteiger partial charge in [0.2, 0.25) is 0 Å². The number of hydrogen-bond donors (Lipinski definition) is 3. The van der Waals surface area contributed by atoms with Gasteiger partial charge in [0.05, 0.1) is 11.7 Å². The average Bonchev–Trinajstić information content (AvgIpc) is 2.80. The maximum atomic E-state index is 11.3. The van der Waals surface area contributed by atoms with E-state index in [2.05, 4.69) is 35.2 Å². The Balaban J connectivity index is 1.37. The minimum absolute atomic E-state index is 0.0321. The van der Waals surface area contributed by atoms with Crippen LogP contribution in [0.2, 0.25) is 0 Å². The highest BCUT2D eigenvalue weighted by atomic mass is 16.5. The summed E-state index contributed by atoms with van der Waals surface area (Å²) in [6.45, 7) is 7.57. The van der Waals surface area contributed by atoms with Gasteiger partial charge in [-0.05, 0) is 81.0 Å². The third-order valence-electron chi connectivity index (χ3n) is 7.88. The summed E-state index contributed by atoms with van der Waals surface area (Å²) in [5.74, 6) is 1.28. The molecule has 0 amide bonds. The predicted molar refractivity (Wildman–Crippen MR) is 131 cm³/mol. The van der Waals surface area contributed by atoms with Crippen molar-refractivity contribution >= 4 is 0 Å². The molecule has 2 atom stereocenters. The Morgan fingerprint density at radius 2 is 1.61 bits per heavy atom. The molecule has 2 fully saturated rings. The first-order chi connectivity index (χ1) is 15.7. The average molecular weight is 454 g/mol. The van der Waals surface area contributed by atoms with Gasteiger partial charge in [0, 0.05) is 19.6 Å². The van der Waals surface area contributed by atoms with Crippen LogP contribution >= 0.6 is 0 Å². The molecule has 0 unspecified atom stereocenters. The zero-order valence-electron chi connectivity index (χ0n) is 20.3. The normalized spacial score (nSPS) is 30.8. The van der Waals surface area contributed by atoms with E-state index in [-0.39, 0.29) is 6.61 Å². The van der Waals surface area contributed by atoms with Crippen molar-refractivity contribution in [2.75, 3.05) is 26.2 Å². The predicted octanol–water partition coefficient (Wildman–Crippen LogP) is 3.88. The fraction of sp³-hybridized carbons (Fsp3) is 0.571. The highest BCUT2D eigenvalue weighted by Crippen LogP contribution is 2.39. The van der Waals surface area contributed by atoms with Crippen molar-refractivity contribution in [3.8, 4) is 5.75 Å². The summed E-state index contributed by atoms with van der Waals surface area (Å²) < 4.78 is 6.09. The third kappa shape index (κ3) is 5.43. The van der Waals surface area contributed by atoms with Crippen molar-refractivity contribution in [3.05, 3.63) is 64.7 Å². The molecule has 2 aromatic rings. The fourth-order valence-corrected chi connectivity index (χ4v) is 5.55. The molecule has 1 aliphatic carbocycles. The van der Waals surface area contributed by atoms with Gasteiger partial charge in [-0.2, -0.15) is 0 Å². The van der Waals surface area contributed by atoms with Crippen LogP contribution in [0.1, 0.15) is 60.3 Å². The molecular formula is C28H39NO4. The van der Waals surface area contributed by atoms with Gasteiger partial charge in [0.1, 0.15) is 18.0 Å². The summed E-state index contributed by atoms with van der Waals surface area (Å²) >= 11 is 0. The van der Waals surface area contributed by atoms with E-state index in [1.54, 1.807) is 0 Å². The second kappa shape index (κ2) is 9.75. The van der Waals surface area contributed by atoms with Gasteiger partial charge >= 0.3 is 0 Å². The van der Waals surface area contributed by atoms with Crippen molar-refractivity contribution in [1.82, 2.24) is 4.90 Å². The number of nitrogens with zero attached hydrogens (tertiary/aromatic N) is 1. The lowest BCUT2D eigenvalue weighted by Crippen LogP contribution is -2.62. The quantitative estimate of drug-likeness (QED) is 0.619. The van der Waals surface area contributed by atoms with Crippen LogP contribution in [0.25, 0.3) is 0 Å². The number of aliphatic hydroxyl groups excluding tert-OH is 1. The molecule has 3 N–H and O–H groups in total. The summed E-state index contributed by atoms with van der Waals surface area (Å²) in [7, 11) is 0. The molecule has 2 aliphatic rings. The zero-order chi connectivity index (χ0) is 23.6.